The van der Waals surface area contributed by atoms with Crippen molar-refractivity contribution in [3.05, 3.63) is 46.9 Å². The van der Waals surface area contributed by atoms with Crippen LogP contribution in [0.3, 0.4) is 0 Å². The Bertz CT molecular complexity index is 1700. The summed E-state index contributed by atoms with van der Waals surface area (Å²) in [6, 6.07) is 3.49. The van der Waals surface area contributed by atoms with Gasteiger partial charge in [-0.25, -0.2) is 18.7 Å². The molecule has 0 aliphatic carbocycles. The number of methoxy groups -OCH3 is 2. The maximum atomic E-state index is 12.9. The zero-order valence-electron chi connectivity index (χ0n) is 25.4. The van der Waals surface area contributed by atoms with E-state index >= 15 is 0 Å². The molecule has 1 aliphatic rings. The van der Waals surface area contributed by atoms with Crippen molar-refractivity contribution in [2.24, 2.45) is 0 Å². The van der Waals surface area contributed by atoms with Gasteiger partial charge >= 0.3 is 0 Å². The highest BCUT2D eigenvalue weighted by atomic mass is 35.5. The number of amides is 1. The van der Waals surface area contributed by atoms with Gasteiger partial charge in [-0.3, -0.25) is 9.69 Å². The molecule has 1 aromatic carbocycles. The molecule has 0 bridgehead atoms. The molecule has 240 valence electrons. The number of alkyl halides is 2. The van der Waals surface area contributed by atoms with Gasteiger partial charge < -0.3 is 19.7 Å². The van der Waals surface area contributed by atoms with Crippen LogP contribution < -0.4 is 14.8 Å². The van der Waals surface area contributed by atoms with E-state index in [0.717, 1.165) is 26.1 Å². The SMILES string of the molecule is C=CC(=O)N1[C@H](C)CN(CCCc2nc3c(-c4c(Cl)c(OC)cc(OC)c4Cl)cc4cnc(NCC(F)F)nc4n3n2)C[C@@H]1C. The Balaban J connectivity index is 1.51. The van der Waals surface area contributed by atoms with Gasteiger partial charge in [-0.05, 0) is 39.0 Å². The van der Waals surface area contributed by atoms with E-state index in [0.29, 0.717) is 51.6 Å². The van der Waals surface area contributed by atoms with Crippen LogP contribution in [-0.4, -0.2) is 99.2 Å². The van der Waals surface area contributed by atoms with Crippen molar-refractivity contribution >= 4 is 51.7 Å². The van der Waals surface area contributed by atoms with E-state index in [2.05, 4.69) is 26.8 Å². The fourth-order valence-corrected chi connectivity index (χ4v) is 6.54. The number of nitrogens with one attached hydrogen (secondary N) is 1. The van der Waals surface area contributed by atoms with Crippen molar-refractivity contribution in [1.82, 2.24) is 34.4 Å². The monoisotopic (exact) mass is 662 g/mol. The normalized spacial score (nSPS) is 17.3. The molecule has 45 heavy (non-hydrogen) atoms. The number of aromatic nitrogens is 5. The molecular weight excluding hydrogens is 629 g/mol. The van der Waals surface area contributed by atoms with Crippen molar-refractivity contribution in [3.8, 4) is 22.6 Å². The molecule has 0 spiro atoms. The largest absolute Gasteiger partial charge is 0.495 e. The van der Waals surface area contributed by atoms with Gasteiger partial charge in [0.1, 0.15) is 11.5 Å². The number of fused-ring (bicyclic) bond motifs is 3. The summed E-state index contributed by atoms with van der Waals surface area (Å²) in [5.41, 5.74) is 1.74. The number of halogens is 4. The van der Waals surface area contributed by atoms with Crippen LogP contribution in [-0.2, 0) is 11.2 Å². The lowest BCUT2D eigenvalue weighted by Crippen LogP contribution is -2.58. The molecule has 11 nitrogen and oxygen atoms in total. The van der Waals surface area contributed by atoms with E-state index in [4.69, 9.17) is 42.8 Å². The number of carbonyl (C=O) groups is 1. The smallest absolute Gasteiger partial charge is 0.255 e. The average Bonchev–Trinajstić information content (AvgIpc) is 3.44. The molecule has 1 N–H and O–H groups in total. The number of anilines is 1. The fraction of sp³-hybridized carbons (Fsp3) is 0.433. The quantitative estimate of drug-likeness (QED) is 0.212. The van der Waals surface area contributed by atoms with Gasteiger partial charge in [-0.1, -0.05) is 29.8 Å². The van der Waals surface area contributed by atoms with E-state index in [-0.39, 0.29) is 34.0 Å². The molecule has 1 saturated heterocycles. The van der Waals surface area contributed by atoms with Crippen LogP contribution in [0.15, 0.2) is 31.0 Å². The van der Waals surface area contributed by atoms with Gasteiger partial charge in [0.25, 0.3) is 6.43 Å². The van der Waals surface area contributed by atoms with E-state index < -0.39 is 13.0 Å². The standard InChI is InChI=1S/C30H34Cl2F2N8O3/c1-6-24(43)41-16(2)14-40(15-17(41)3)9-7-8-23-37-29-19(25-26(31)20(44-4)11-21(45-5)27(25)32)10-18-12-35-30(36-13-22(33)34)38-28(18)42(29)39-23/h6,10-12,16-17,22H,1,7-9,13-15H2,2-5H3,(H,35,36,38)/t16-,17+. The minimum atomic E-state index is -2.58. The summed E-state index contributed by atoms with van der Waals surface area (Å²) in [6.07, 6.45) is 1.60. The number of benzene rings is 1. The predicted octanol–water partition coefficient (Wildman–Crippen LogP) is 5.38. The lowest BCUT2D eigenvalue weighted by Gasteiger charge is -2.44. The Morgan fingerprint density at radius 2 is 1.78 bits per heavy atom. The molecule has 4 aromatic rings. The number of piperazine rings is 1. The van der Waals surface area contributed by atoms with Crippen molar-refractivity contribution in [2.75, 3.05) is 45.7 Å². The fourth-order valence-electron chi connectivity index (χ4n) is 5.83. The molecule has 15 heteroatoms. The second kappa shape index (κ2) is 13.7. The summed E-state index contributed by atoms with van der Waals surface area (Å²) in [5, 5.41) is 8.38. The summed E-state index contributed by atoms with van der Waals surface area (Å²) < 4.78 is 38.3. The number of hydrogen-bond acceptors (Lipinski definition) is 9. The minimum Gasteiger partial charge on any atom is -0.495 e. The zero-order valence-corrected chi connectivity index (χ0v) is 26.9. The molecule has 1 amide bonds. The lowest BCUT2D eigenvalue weighted by atomic mass is 10.0. The number of rotatable bonds is 11. The van der Waals surface area contributed by atoms with Crippen molar-refractivity contribution in [1.29, 1.82) is 0 Å². The number of pyridine rings is 1. The Hall–Kier alpha value is -3.81. The van der Waals surface area contributed by atoms with E-state index in [1.54, 1.807) is 16.6 Å². The first-order valence-corrected chi connectivity index (χ1v) is 15.2. The third-order valence-corrected chi connectivity index (χ3v) is 8.49. The van der Waals surface area contributed by atoms with Crippen LogP contribution >= 0.6 is 23.2 Å². The van der Waals surface area contributed by atoms with Gasteiger partial charge in [0, 0.05) is 60.4 Å². The Kier molecular flexibility index (Phi) is 9.90. The highest BCUT2D eigenvalue weighted by Crippen LogP contribution is 2.47. The molecule has 1 aliphatic heterocycles. The number of aryl methyl sites for hydroxylation is 1. The first-order valence-electron chi connectivity index (χ1n) is 14.4. The van der Waals surface area contributed by atoms with Crippen molar-refractivity contribution in [2.45, 2.75) is 45.2 Å². The van der Waals surface area contributed by atoms with Gasteiger partial charge in [0.15, 0.2) is 17.1 Å². The molecule has 5 rings (SSSR count). The molecule has 3 aromatic heterocycles. The third-order valence-electron chi connectivity index (χ3n) is 7.74. The molecular formula is C30H34Cl2F2N8O3. The first-order chi connectivity index (χ1) is 21.6. The summed E-state index contributed by atoms with van der Waals surface area (Å²) in [4.78, 5) is 30.0. The Morgan fingerprint density at radius 1 is 1.11 bits per heavy atom. The number of hydrogen-bond donors (Lipinski definition) is 1. The number of carbonyl (C=O) groups excluding carboxylic acids is 1. The second-order valence-electron chi connectivity index (χ2n) is 10.9. The molecule has 4 heterocycles. The highest BCUT2D eigenvalue weighted by molar-refractivity contribution is 6.41. The summed E-state index contributed by atoms with van der Waals surface area (Å²) in [5.74, 6) is 1.23. The van der Waals surface area contributed by atoms with Crippen molar-refractivity contribution < 1.29 is 23.0 Å². The molecule has 2 atom stereocenters. The van der Waals surface area contributed by atoms with Crippen LogP contribution in [0.1, 0.15) is 26.1 Å². The first kappa shape index (κ1) is 32.6. The van der Waals surface area contributed by atoms with Gasteiger partial charge in [0.2, 0.25) is 11.9 Å². The van der Waals surface area contributed by atoms with Crippen LogP contribution in [0.4, 0.5) is 14.7 Å². The topological polar surface area (TPSA) is 110 Å². The number of ether oxygens (including phenoxy) is 2. The maximum Gasteiger partial charge on any atom is 0.255 e. The molecule has 0 unspecified atom stereocenters. The van der Waals surface area contributed by atoms with Gasteiger partial charge in [0.05, 0.1) is 30.8 Å². The van der Waals surface area contributed by atoms with Gasteiger partial charge in [-0.2, -0.15) is 9.50 Å². The summed E-state index contributed by atoms with van der Waals surface area (Å²) in [7, 11) is 2.98. The van der Waals surface area contributed by atoms with Crippen LogP contribution in [0.5, 0.6) is 11.5 Å². The van der Waals surface area contributed by atoms with Crippen LogP contribution in [0.25, 0.3) is 27.8 Å². The number of nitrogens with zero attached hydrogens (tertiary/aromatic N) is 7. The molecule has 0 radical (unpaired) electrons. The molecule has 0 saturated carbocycles. The summed E-state index contributed by atoms with van der Waals surface area (Å²) >= 11 is 13.6. The van der Waals surface area contributed by atoms with E-state index in [1.165, 1.54) is 26.5 Å². The lowest BCUT2D eigenvalue weighted by molar-refractivity contribution is -0.133. The van der Waals surface area contributed by atoms with Crippen LogP contribution in [0, 0.1) is 0 Å². The van der Waals surface area contributed by atoms with Crippen LogP contribution in [0.2, 0.25) is 10.0 Å². The third kappa shape index (κ3) is 6.61. The Morgan fingerprint density at radius 3 is 2.38 bits per heavy atom. The van der Waals surface area contributed by atoms with Gasteiger partial charge in [-0.15, -0.1) is 5.10 Å². The maximum absolute atomic E-state index is 12.9. The summed E-state index contributed by atoms with van der Waals surface area (Å²) in [6.45, 7) is 9.38. The van der Waals surface area contributed by atoms with E-state index in [9.17, 15) is 13.6 Å². The average molecular weight is 664 g/mol. The van der Waals surface area contributed by atoms with Crippen molar-refractivity contribution in [3.63, 3.8) is 0 Å². The predicted molar refractivity (Wildman–Crippen MR) is 170 cm³/mol. The second-order valence-corrected chi connectivity index (χ2v) is 11.6. The van der Waals surface area contributed by atoms with E-state index in [1.807, 2.05) is 18.7 Å². The Labute approximate surface area is 269 Å². The zero-order chi connectivity index (χ0) is 32.4. The highest BCUT2D eigenvalue weighted by Gasteiger charge is 2.31. The minimum absolute atomic E-state index is 0.0327. The molecule has 1 fully saturated rings.